The van der Waals surface area contributed by atoms with Gasteiger partial charge in [-0.15, -0.1) is 0 Å². The third-order valence-corrected chi connectivity index (χ3v) is 6.57. The molecule has 1 heterocycles. The molecular weight excluding hydrogens is 459 g/mol. The van der Waals surface area contributed by atoms with Crippen molar-refractivity contribution >= 4 is 32.2 Å². The number of ketones is 1. The van der Waals surface area contributed by atoms with Crippen LogP contribution < -0.4 is 14.8 Å². The number of carbonyl (C=O) groups is 1. The molecule has 0 aliphatic heterocycles. The van der Waals surface area contributed by atoms with Gasteiger partial charge in [0.25, 0.3) is 0 Å². The summed E-state index contributed by atoms with van der Waals surface area (Å²) in [5.41, 5.74) is 1.94. The molecule has 0 amide bonds. The maximum absolute atomic E-state index is 13.9. The van der Waals surface area contributed by atoms with Crippen LogP contribution in [-0.2, 0) is 9.84 Å². The van der Waals surface area contributed by atoms with Crippen molar-refractivity contribution in [3.8, 4) is 11.5 Å². The van der Waals surface area contributed by atoms with Gasteiger partial charge < -0.3 is 19.8 Å². The molecule has 0 aliphatic rings. The number of aromatic nitrogens is 1. The fourth-order valence-corrected chi connectivity index (χ4v) is 4.46. The minimum atomic E-state index is -3.55. The number of fused-ring (bicyclic) bond motifs is 1. The molecule has 3 aromatic carbocycles. The highest BCUT2D eigenvalue weighted by atomic mass is 32.2. The Balaban J connectivity index is 1.87. The highest BCUT2D eigenvalue weighted by Crippen LogP contribution is 2.34. The van der Waals surface area contributed by atoms with Crippen LogP contribution in [0.1, 0.15) is 22.0 Å². The first kappa shape index (κ1) is 23.3. The molecule has 1 unspecified atom stereocenters. The quantitative estimate of drug-likeness (QED) is 0.351. The summed E-state index contributed by atoms with van der Waals surface area (Å²) >= 11 is 0. The second-order valence-electron chi connectivity index (χ2n) is 7.75. The highest BCUT2D eigenvalue weighted by Gasteiger charge is 2.28. The van der Waals surface area contributed by atoms with Crippen LogP contribution in [-0.4, -0.2) is 39.7 Å². The number of methoxy groups -OCH3 is 2. The second kappa shape index (κ2) is 9.18. The molecule has 34 heavy (non-hydrogen) atoms. The van der Waals surface area contributed by atoms with Crippen LogP contribution in [0, 0.1) is 5.82 Å². The van der Waals surface area contributed by atoms with Crippen molar-refractivity contribution in [3.05, 3.63) is 83.8 Å². The monoisotopic (exact) mass is 482 g/mol. The zero-order chi connectivity index (χ0) is 24.5. The Labute approximate surface area is 196 Å². The van der Waals surface area contributed by atoms with Crippen molar-refractivity contribution in [2.45, 2.75) is 10.9 Å². The van der Waals surface area contributed by atoms with E-state index < -0.39 is 21.7 Å². The van der Waals surface area contributed by atoms with Gasteiger partial charge in [-0.05, 0) is 30.3 Å². The molecule has 0 spiro atoms. The van der Waals surface area contributed by atoms with Gasteiger partial charge in [0.1, 0.15) is 23.4 Å². The van der Waals surface area contributed by atoms with Gasteiger partial charge in [-0.25, -0.2) is 12.8 Å². The van der Waals surface area contributed by atoms with E-state index in [-0.39, 0.29) is 16.4 Å². The topological polar surface area (TPSA) is 97.5 Å². The van der Waals surface area contributed by atoms with Gasteiger partial charge in [0.15, 0.2) is 15.6 Å². The number of hydrogen-bond donors (Lipinski definition) is 2. The van der Waals surface area contributed by atoms with Crippen molar-refractivity contribution in [1.29, 1.82) is 0 Å². The molecule has 0 saturated heterocycles. The highest BCUT2D eigenvalue weighted by molar-refractivity contribution is 7.90. The Morgan fingerprint density at radius 2 is 1.79 bits per heavy atom. The van der Waals surface area contributed by atoms with Gasteiger partial charge in [0.2, 0.25) is 0 Å². The summed E-state index contributed by atoms with van der Waals surface area (Å²) in [4.78, 5) is 16.9. The first-order valence-corrected chi connectivity index (χ1v) is 12.2. The number of anilines is 1. The number of Topliss-reactive ketones (excluding diaryl/α,β-unsaturated/α-hetero) is 1. The van der Waals surface area contributed by atoms with E-state index in [0.717, 1.165) is 17.2 Å². The Morgan fingerprint density at radius 1 is 1.03 bits per heavy atom. The Hall–Kier alpha value is -3.85. The number of benzene rings is 3. The molecule has 176 valence electrons. The SMILES string of the molecule is COc1cc(NC(C(=O)c2c[nH]c3ccccc23)c2ccc(F)cc2OC)cc(S(C)(=O)=O)c1. The Morgan fingerprint density at radius 3 is 2.50 bits per heavy atom. The van der Waals surface area contributed by atoms with Gasteiger partial charge in [-0.1, -0.05) is 18.2 Å². The lowest BCUT2D eigenvalue weighted by Gasteiger charge is -2.22. The number of sulfone groups is 1. The number of para-hydroxylation sites is 1. The zero-order valence-corrected chi connectivity index (χ0v) is 19.6. The van der Waals surface area contributed by atoms with E-state index in [4.69, 9.17) is 9.47 Å². The summed E-state index contributed by atoms with van der Waals surface area (Å²) in [5.74, 6) is -0.350. The molecule has 1 aromatic heterocycles. The van der Waals surface area contributed by atoms with E-state index in [1.165, 1.54) is 44.6 Å². The molecule has 1 atom stereocenters. The van der Waals surface area contributed by atoms with Gasteiger partial charge >= 0.3 is 0 Å². The number of rotatable bonds is 8. The van der Waals surface area contributed by atoms with E-state index >= 15 is 0 Å². The number of H-pyrrole nitrogens is 1. The summed E-state index contributed by atoms with van der Waals surface area (Å²) in [5, 5.41) is 3.84. The van der Waals surface area contributed by atoms with Crippen LogP contribution in [0.25, 0.3) is 10.9 Å². The summed E-state index contributed by atoms with van der Waals surface area (Å²) in [7, 11) is -0.746. The van der Waals surface area contributed by atoms with Gasteiger partial charge in [0.05, 0.1) is 19.1 Å². The first-order valence-electron chi connectivity index (χ1n) is 10.3. The smallest absolute Gasteiger partial charge is 0.191 e. The normalized spacial score (nSPS) is 12.4. The van der Waals surface area contributed by atoms with Crippen LogP contribution in [0.3, 0.4) is 0 Å². The van der Waals surface area contributed by atoms with Crippen LogP contribution in [0.2, 0.25) is 0 Å². The van der Waals surface area contributed by atoms with Crippen LogP contribution >= 0.6 is 0 Å². The maximum atomic E-state index is 13.9. The van der Waals surface area contributed by atoms with E-state index in [1.807, 2.05) is 24.3 Å². The summed E-state index contributed by atoms with van der Waals surface area (Å²) in [6, 6.07) is 14.6. The molecule has 9 heteroatoms. The fourth-order valence-electron chi connectivity index (χ4n) is 3.79. The number of ether oxygens (including phenoxy) is 2. The van der Waals surface area contributed by atoms with E-state index in [9.17, 15) is 17.6 Å². The minimum absolute atomic E-state index is 0.0266. The Bertz CT molecular complexity index is 1480. The van der Waals surface area contributed by atoms with Crippen LogP contribution in [0.15, 0.2) is 71.8 Å². The number of aromatic amines is 1. The van der Waals surface area contributed by atoms with Crippen molar-refractivity contribution < 1.29 is 27.1 Å². The molecule has 2 N–H and O–H groups in total. The molecule has 4 rings (SSSR count). The third kappa shape index (κ3) is 4.60. The van der Waals surface area contributed by atoms with Crippen molar-refractivity contribution in [2.24, 2.45) is 0 Å². The van der Waals surface area contributed by atoms with Crippen LogP contribution in [0.5, 0.6) is 11.5 Å². The van der Waals surface area contributed by atoms with E-state index in [0.29, 0.717) is 22.6 Å². The largest absolute Gasteiger partial charge is 0.497 e. The molecule has 0 fully saturated rings. The Kier molecular flexibility index (Phi) is 6.30. The minimum Gasteiger partial charge on any atom is -0.497 e. The molecule has 0 aliphatic carbocycles. The number of carbonyl (C=O) groups excluding carboxylic acids is 1. The first-order chi connectivity index (χ1) is 16.2. The molecule has 0 saturated carbocycles. The number of hydrogen-bond acceptors (Lipinski definition) is 6. The molecule has 0 radical (unpaired) electrons. The molecule has 4 aromatic rings. The van der Waals surface area contributed by atoms with Gasteiger partial charge in [-0.3, -0.25) is 4.79 Å². The third-order valence-electron chi connectivity index (χ3n) is 5.48. The zero-order valence-electron chi connectivity index (χ0n) is 18.8. The van der Waals surface area contributed by atoms with Gasteiger partial charge in [-0.2, -0.15) is 0 Å². The standard InChI is InChI=1S/C25H23FN2O5S/c1-32-17-11-16(12-18(13-17)34(3,30)31)28-24(20-9-8-15(26)10-23(20)33-2)25(29)21-14-27-22-7-5-4-6-19(21)22/h4-14,24,27-28H,1-3H3. The molecule has 7 nitrogen and oxygen atoms in total. The molecule has 0 bridgehead atoms. The predicted molar refractivity (Wildman–Crippen MR) is 128 cm³/mol. The summed E-state index contributed by atoms with van der Waals surface area (Å²) in [6.07, 6.45) is 2.70. The average molecular weight is 483 g/mol. The molecular formula is C25H23FN2O5S. The number of nitrogens with one attached hydrogen (secondary N) is 2. The lowest BCUT2D eigenvalue weighted by molar-refractivity contribution is 0.0970. The summed E-state index contributed by atoms with van der Waals surface area (Å²) in [6.45, 7) is 0. The summed E-state index contributed by atoms with van der Waals surface area (Å²) < 4.78 is 48.9. The predicted octanol–water partition coefficient (Wildman–Crippen LogP) is 4.76. The van der Waals surface area contributed by atoms with Crippen molar-refractivity contribution in [3.63, 3.8) is 0 Å². The van der Waals surface area contributed by atoms with Crippen LogP contribution in [0.4, 0.5) is 10.1 Å². The second-order valence-corrected chi connectivity index (χ2v) is 9.76. The lowest BCUT2D eigenvalue weighted by Crippen LogP contribution is -2.22. The maximum Gasteiger partial charge on any atom is 0.191 e. The number of halogens is 1. The van der Waals surface area contributed by atoms with E-state index in [2.05, 4.69) is 10.3 Å². The van der Waals surface area contributed by atoms with Crippen molar-refractivity contribution in [2.75, 3.05) is 25.8 Å². The van der Waals surface area contributed by atoms with Crippen molar-refractivity contribution in [1.82, 2.24) is 4.98 Å². The van der Waals surface area contributed by atoms with Gasteiger partial charge in [0, 0.05) is 52.3 Å². The van der Waals surface area contributed by atoms with E-state index in [1.54, 1.807) is 12.3 Å². The fraction of sp³-hybridized carbons (Fsp3) is 0.160. The lowest BCUT2D eigenvalue weighted by atomic mass is 9.95. The average Bonchev–Trinajstić information content (AvgIpc) is 3.25.